The van der Waals surface area contributed by atoms with Crippen molar-refractivity contribution in [1.82, 2.24) is 0 Å². The summed E-state index contributed by atoms with van der Waals surface area (Å²) < 4.78 is 11.0. The molecule has 24 heavy (non-hydrogen) atoms. The molecule has 6 heteroatoms. The van der Waals surface area contributed by atoms with E-state index in [-0.39, 0.29) is 12.5 Å². The fraction of sp³-hybridized carbons (Fsp3) is 0.278. The zero-order chi connectivity index (χ0) is 17.4. The molecule has 2 rings (SSSR count). The molecule has 0 saturated heterocycles. The number of amides is 1. The SMILES string of the molecule is CCCCOc1cccc(NC(=O)COc2ccc(Cl)cc2Cl)c1. The number of anilines is 1. The fourth-order valence-corrected chi connectivity index (χ4v) is 2.39. The van der Waals surface area contributed by atoms with E-state index in [0.717, 1.165) is 18.6 Å². The molecule has 0 unspecified atom stereocenters. The molecule has 0 fully saturated rings. The number of benzene rings is 2. The third-order valence-electron chi connectivity index (χ3n) is 3.14. The molecular formula is C18H19Cl2NO3. The summed E-state index contributed by atoms with van der Waals surface area (Å²) in [7, 11) is 0. The second-order valence-corrected chi connectivity index (χ2v) is 5.99. The maximum Gasteiger partial charge on any atom is 0.262 e. The Hall–Kier alpha value is -1.91. The summed E-state index contributed by atoms with van der Waals surface area (Å²) in [6.45, 7) is 2.61. The number of unbranched alkanes of at least 4 members (excludes halogenated alkanes) is 1. The molecule has 4 nitrogen and oxygen atoms in total. The smallest absolute Gasteiger partial charge is 0.262 e. The van der Waals surface area contributed by atoms with Crippen LogP contribution in [0.15, 0.2) is 42.5 Å². The first-order valence-electron chi connectivity index (χ1n) is 7.69. The third kappa shape index (κ3) is 5.95. The summed E-state index contributed by atoms with van der Waals surface area (Å²) in [6.07, 6.45) is 2.06. The highest BCUT2D eigenvalue weighted by Gasteiger charge is 2.07. The highest BCUT2D eigenvalue weighted by atomic mass is 35.5. The van der Waals surface area contributed by atoms with Gasteiger partial charge in [0.25, 0.3) is 5.91 Å². The van der Waals surface area contributed by atoms with E-state index in [1.54, 1.807) is 30.3 Å². The molecule has 1 N–H and O–H groups in total. The Balaban J connectivity index is 1.86. The zero-order valence-corrected chi connectivity index (χ0v) is 14.9. The van der Waals surface area contributed by atoms with Gasteiger partial charge in [-0.1, -0.05) is 42.6 Å². The minimum Gasteiger partial charge on any atom is -0.494 e. The van der Waals surface area contributed by atoms with Crippen molar-refractivity contribution in [2.45, 2.75) is 19.8 Å². The molecule has 0 atom stereocenters. The van der Waals surface area contributed by atoms with Crippen molar-refractivity contribution >= 4 is 34.8 Å². The standard InChI is InChI=1S/C18H19Cl2NO3/c1-2-3-9-23-15-6-4-5-14(11-15)21-18(22)12-24-17-8-7-13(19)10-16(17)20/h4-8,10-11H,2-3,9,12H2,1H3,(H,21,22). The summed E-state index contributed by atoms with van der Waals surface area (Å²) in [5.74, 6) is 0.850. The molecule has 0 radical (unpaired) electrons. The van der Waals surface area contributed by atoms with Crippen molar-refractivity contribution < 1.29 is 14.3 Å². The topological polar surface area (TPSA) is 47.6 Å². The normalized spacial score (nSPS) is 10.3. The van der Waals surface area contributed by atoms with Crippen LogP contribution >= 0.6 is 23.2 Å². The van der Waals surface area contributed by atoms with Crippen LogP contribution in [0.2, 0.25) is 10.0 Å². The van der Waals surface area contributed by atoms with E-state index in [4.69, 9.17) is 32.7 Å². The average molecular weight is 368 g/mol. The van der Waals surface area contributed by atoms with Gasteiger partial charge in [-0.05, 0) is 36.8 Å². The van der Waals surface area contributed by atoms with Gasteiger partial charge in [0.2, 0.25) is 0 Å². The molecule has 1 amide bonds. The fourth-order valence-electron chi connectivity index (χ4n) is 1.93. The maximum absolute atomic E-state index is 12.0. The third-order valence-corrected chi connectivity index (χ3v) is 3.67. The van der Waals surface area contributed by atoms with Crippen molar-refractivity contribution in [1.29, 1.82) is 0 Å². The van der Waals surface area contributed by atoms with E-state index >= 15 is 0 Å². The molecule has 0 aromatic heterocycles. The van der Waals surface area contributed by atoms with E-state index in [0.29, 0.717) is 28.1 Å². The van der Waals surface area contributed by atoms with Crippen LogP contribution in [-0.2, 0) is 4.79 Å². The lowest BCUT2D eigenvalue weighted by Gasteiger charge is -2.10. The Labute approximate surface area is 151 Å². The monoisotopic (exact) mass is 367 g/mol. The van der Waals surface area contributed by atoms with Gasteiger partial charge in [0.1, 0.15) is 11.5 Å². The van der Waals surface area contributed by atoms with Crippen molar-refractivity contribution in [3.8, 4) is 11.5 Å². The summed E-state index contributed by atoms with van der Waals surface area (Å²) in [4.78, 5) is 12.0. The Morgan fingerprint density at radius 1 is 1.12 bits per heavy atom. The Kier molecular flexibility index (Phi) is 7.22. The number of carbonyl (C=O) groups excluding carboxylic acids is 1. The Morgan fingerprint density at radius 2 is 1.96 bits per heavy atom. The minimum absolute atomic E-state index is 0.151. The maximum atomic E-state index is 12.0. The van der Waals surface area contributed by atoms with Gasteiger partial charge in [-0.3, -0.25) is 4.79 Å². The average Bonchev–Trinajstić information content (AvgIpc) is 2.55. The summed E-state index contributed by atoms with van der Waals surface area (Å²) >= 11 is 11.8. The van der Waals surface area contributed by atoms with Crippen LogP contribution in [-0.4, -0.2) is 19.1 Å². The lowest BCUT2D eigenvalue weighted by molar-refractivity contribution is -0.118. The van der Waals surface area contributed by atoms with Crippen LogP contribution in [0.4, 0.5) is 5.69 Å². The van der Waals surface area contributed by atoms with Crippen molar-refractivity contribution in [3.63, 3.8) is 0 Å². The second-order valence-electron chi connectivity index (χ2n) is 5.14. The largest absolute Gasteiger partial charge is 0.494 e. The van der Waals surface area contributed by atoms with Gasteiger partial charge in [0.15, 0.2) is 6.61 Å². The van der Waals surface area contributed by atoms with E-state index in [9.17, 15) is 4.79 Å². The van der Waals surface area contributed by atoms with Crippen LogP contribution < -0.4 is 14.8 Å². The molecule has 0 spiro atoms. The number of nitrogens with one attached hydrogen (secondary N) is 1. The first-order valence-corrected chi connectivity index (χ1v) is 8.44. The van der Waals surface area contributed by atoms with Gasteiger partial charge < -0.3 is 14.8 Å². The van der Waals surface area contributed by atoms with E-state index in [1.807, 2.05) is 12.1 Å². The molecular weight excluding hydrogens is 349 g/mol. The van der Waals surface area contributed by atoms with Gasteiger partial charge in [0.05, 0.1) is 11.6 Å². The van der Waals surface area contributed by atoms with Gasteiger partial charge in [0, 0.05) is 16.8 Å². The molecule has 128 valence electrons. The number of rotatable bonds is 8. The molecule has 0 aliphatic carbocycles. The van der Waals surface area contributed by atoms with E-state index < -0.39 is 0 Å². The Bertz CT molecular complexity index is 692. The first kappa shape index (κ1) is 18.4. The molecule has 2 aromatic carbocycles. The summed E-state index contributed by atoms with van der Waals surface area (Å²) in [5, 5.41) is 3.63. The second kappa shape index (κ2) is 9.40. The number of ether oxygens (including phenoxy) is 2. The predicted molar refractivity (Wildman–Crippen MR) is 97.4 cm³/mol. The number of halogens is 2. The highest BCUT2D eigenvalue weighted by Crippen LogP contribution is 2.27. The quantitative estimate of drug-likeness (QED) is 0.653. The van der Waals surface area contributed by atoms with E-state index in [1.165, 1.54) is 0 Å². The molecule has 0 bridgehead atoms. The Morgan fingerprint density at radius 3 is 2.71 bits per heavy atom. The lowest BCUT2D eigenvalue weighted by Crippen LogP contribution is -2.20. The molecule has 0 aliphatic rings. The van der Waals surface area contributed by atoms with Gasteiger partial charge in [-0.2, -0.15) is 0 Å². The number of carbonyl (C=O) groups is 1. The van der Waals surface area contributed by atoms with Gasteiger partial charge in [-0.15, -0.1) is 0 Å². The van der Waals surface area contributed by atoms with Crippen molar-refractivity contribution in [2.75, 3.05) is 18.5 Å². The zero-order valence-electron chi connectivity index (χ0n) is 13.4. The highest BCUT2D eigenvalue weighted by molar-refractivity contribution is 6.35. The van der Waals surface area contributed by atoms with Crippen LogP contribution in [0.3, 0.4) is 0 Å². The predicted octanol–water partition coefficient (Wildman–Crippen LogP) is 5.19. The van der Waals surface area contributed by atoms with Gasteiger partial charge >= 0.3 is 0 Å². The lowest BCUT2D eigenvalue weighted by atomic mass is 10.3. The minimum atomic E-state index is -0.285. The van der Waals surface area contributed by atoms with Crippen LogP contribution in [0.25, 0.3) is 0 Å². The first-order chi connectivity index (χ1) is 11.6. The van der Waals surface area contributed by atoms with Crippen molar-refractivity contribution in [2.24, 2.45) is 0 Å². The van der Waals surface area contributed by atoms with Crippen molar-refractivity contribution in [3.05, 3.63) is 52.5 Å². The summed E-state index contributed by atoms with van der Waals surface area (Å²) in [5.41, 5.74) is 0.653. The van der Waals surface area contributed by atoms with Gasteiger partial charge in [-0.25, -0.2) is 0 Å². The molecule has 0 saturated carbocycles. The number of hydrogen-bond acceptors (Lipinski definition) is 3. The van der Waals surface area contributed by atoms with Crippen LogP contribution in [0, 0.1) is 0 Å². The number of hydrogen-bond donors (Lipinski definition) is 1. The summed E-state index contributed by atoms with van der Waals surface area (Å²) in [6, 6.07) is 12.1. The molecule has 2 aromatic rings. The van der Waals surface area contributed by atoms with E-state index in [2.05, 4.69) is 12.2 Å². The van der Waals surface area contributed by atoms with Crippen LogP contribution in [0.5, 0.6) is 11.5 Å². The van der Waals surface area contributed by atoms with Crippen LogP contribution in [0.1, 0.15) is 19.8 Å². The molecule has 0 heterocycles. The molecule has 0 aliphatic heterocycles.